The minimum absolute atomic E-state index is 0.102. The standard InChI is InChI=1S/C24H21ClN2O5/c1-14-3-4-15(9-18(14)25)12-31-22-10-16(24(28)29)5-8-21(22)32-13-23-26-19-7-6-17(30-2)11-20(19)27-23/h3-11H,12-13H2,1-2H3,(H,26,27)(H,28,29). The van der Waals surface area contributed by atoms with E-state index in [4.69, 9.17) is 25.8 Å². The predicted octanol–water partition coefficient (Wildman–Crippen LogP) is 5.39. The number of methoxy groups -OCH3 is 1. The van der Waals surface area contributed by atoms with Gasteiger partial charge in [0.05, 0.1) is 23.7 Å². The number of carboxylic acids is 1. The SMILES string of the molecule is COc1ccc2nc(COc3ccc(C(=O)O)cc3OCc3ccc(C)c(Cl)c3)[nH]c2c1. The molecule has 7 nitrogen and oxygen atoms in total. The summed E-state index contributed by atoms with van der Waals surface area (Å²) >= 11 is 6.19. The molecule has 1 aromatic heterocycles. The molecule has 0 atom stereocenters. The molecule has 2 N–H and O–H groups in total. The molecule has 1 heterocycles. The second kappa shape index (κ2) is 9.20. The molecule has 0 aliphatic carbocycles. The highest BCUT2D eigenvalue weighted by molar-refractivity contribution is 6.31. The van der Waals surface area contributed by atoms with Crippen molar-refractivity contribution in [2.75, 3.05) is 7.11 Å². The fourth-order valence-corrected chi connectivity index (χ4v) is 3.35. The Bertz CT molecular complexity index is 1280. The third-order valence-electron chi connectivity index (χ3n) is 4.92. The molecule has 164 valence electrons. The summed E-state index contributed by atoms with van der Waals surface area (Å²) in [7, 11) is 1.61. The number of imidazole rings is 1. The molecule has 0 radical (unpaired) electrons. The normalized spacial score (nSPS) is 10.8. The van der Waals surface area contributed by atoms with Crippen molar-refractivity contribution in [2.45, 2.75) is 20.1 Å². The minimum atomic E-state index is -1.05. The number of H-pyrrole nitrogens is 1. The summed E-state index contributed by atoms with van der Waals surface area (Å²) in [6, 6.07) is 15.7. The van der Waals surface area contributed by atoms with Gasteiger partial charge in [-0.2, -0.15) is 0 Å². The van der Waals surface area contributed by atoms with Crippen LogP contribution in [0.15, 0.2) is 54.6 Å². The summed E-state index contributed by atoms with van der Waals surface area (Å²) in [4.78, 5) is 19.1. The van der Waals surface area contributed by atoms with Crippen molar-refractivity contribution in [1.29, 1.82) is 0 Å². The average molecular weight is 453 g/mol. The average Bonchev–Trinajstić information content (AvgIpc) is 3.20. The number of aromatic amines is 1. The second-order valence-electron chi connectivity index (χ2n) is 7.19. The molecular weight excluding hydrogens is 432 g/mol. The number of aromatic nitrogens is 2. The molecule has 0 aliphatic heterocycles. The van der Waals surface area contributed by atoms with Crippen LogP contribution in [0.5, 0.6) is 17.2 Å². The number of ether oxygens (including phenoxy) is 3. The monoisotopic (exact) mass is 452 g/mol. The Kier molecular flexibility index (Phi) is 6.18. The summed E-state index contributed by atoms with van der Waals surface area (Å²) in [5, 5.41) is 9.99. The van der Waals surface area contributed by atoms with Gasteiger partial charge >= 0.3 is 5.97 Å². The van der Waals surface area contributed by atoms with Crippen molar-refractivity contribution in [3.05, 3.63) is 82.1 Å². The number of nitrogens with one attached hydrogen (secondary N) is 1. The molecule has 4 rings (SSSR count). The smallest absolute Gasteiger partial charge is 0.335 e. The molecule has 3 aromatic carbocycles. The van der Waals surface area contributed by atoms with Crippen LogP contribution in [0.25, 0.3) is 11.0 Å². The van der Waals surface area contributed by atoms with E-state index in [9.17, 15) is 9.90 Å². The molecule has 0 unspecified atom stereocenters. The first-order chi connectivity index (χ1) is 15.4. The maximum absolute atomic E-state index is 11.4. The van der Waals surface area contributed by atoms with Crippen LogP contribution >= 0.6 is 11.6 Å². The Morgan fingerprint density at radius 2 is 1.84 bits per heavy atom. The van der Waals surface area contributed by atoms with Crippen LogP contribution in [0.1, 0.15) is 27.3 Å². The first kappa shape index (κ1) is 21.5. The number of fused-ring (bicyclic) bond motifs is 1. The van der Waals surface area contributed by atoms with Crippen LogP contribution in [0.4, 0.5) is 0 Å². The maximum atomic E-state index is 11.4. The van der Waals surface area contributed by atoms with Crippen molar-refractivity contribution in [3.63, 3.8) is 0 Å². The van der Waals surface area contributed by atoms with Crippen LogP contribution in [-0.2, 0) is 13.2 Å². The molecule has 0 bridgehead atoms. The second-order valence-corrected chi connectivity index (χ2v) is 7.60. The maximum Gasteiger partial charge on any atom is 0.335 e. The number of carbonyl (C=O) groups is 1. The Morgan fingerprint density at radius 1 is 1.03 bits per heavy atom. The fourth-order valence-electron chi connectivity index (χ4n) is 3.14. The third kappa shape index (κ3) is 4.78. The van der Waals surface area contributed by atoms with E-state index in [2.05, 4.69) is 9.97 Å². The van der Waals surface area contributed by atoms with Gasteiger partial charge in [0.2, 0.25) is 0 Å². The van der Waals surface area contributed by atoms with Gasteiger partial charge in [0.15, 0.2) is 11.5 Å². The van der Waals surface area contributed by atoms with Crippen molar-refractivity contribution in [3.8, 4) is 17.2 Å². The Balaban J connectivity index is 1.53. The third-order valence-corrected chi connectivity index (χ3v) is 5.33. The van der Waals surface area contributed by atoms with Gasteiger partial charge in [0.1, 0.15) is 24.8 Å². The zero-order valence-electron chi connectivity index (χ0n) is 17.5. The van der Waals surface area contributed by atoms with E-state index in [1.807, 2.05) is 43.3 Å². The van der Waals surface area contributed by atoms with Gasteiger partial charge in [-0.3, -0.25) is 0 Å². The number of aromatic carboxylic acids is 1. The number of aryl methyl sites for hydroxylation is 1. The number of halogens is 1. The quantitative estimate of drug-likeness (QED) is 0.372. The lowest BCUT2D eigenvalue weighted by Gasteiger charge is -2.13. The molecular formula is C24H21ClN2O5. The number of nitrogens with zero attached hydrogens (tertiary/aromatic N) is 1. The predicted molar refractivity (Wildman–Crippen MR) is 121 cm³/mol. The van der Waals surface area contributed by atoms with E-state index in [0.717, 1.165) is 27.9 Å². The highest BCUT2D eigenvalue weighted by Gasteiger charge is 2.13. The van der Waals surface area contributed by atoms with Crippen molar-refractivity contribution >= 4 is 28.6 Å². The van der Waals surface area contributed by atoms with Crippen LogP contribution in [0.2, 0.25) is 5.02 Å². The highest BCUT2D eigenvalue weighted by Crippen LogP contribution is 2.31. The molecule has 0 spiro atoms. The van der Waals surface area contributed by atoms with Crippen molar-refractivity contribution in [2.24, 2.45) is 0 Å². The van der Waals surface area contributed by atoms with Gasteiger partial charge in [0, 0.05) is 11.1 Å². The van der Waals surface area contributed by atoms with Gasteiger partial charge in [-0.05, 0) is 54.4 Å². The number of hydrogen-bond donors (Lipinski definition) is 2. The molecule has 0 saturated heterocycles. The van der Waals surface area contributed by atoms with Crippen molar-refractivity contribution in [1.82, 2.24) is 9.97 Å². The number of benzene rings is 3. The van der Waals surface area contributed by atoms with E-state index in [1.54, 1.807) is 13.2 Å². The van der Waals surface area contributed by atoms with Crippen LogP contribution < -0.4 is 14.2 Å². The first-order valence-electron chi connectivity index (χ1n) is 9.83. The number of hydrogen-bond acceptors (Lipinski definition) is 5. The zero-order chi connectivity index (χ0) is 22.7. The molecule has 0 saturated carbocycles. The zero-order valence-corrected chi connectivity index (χ0v) is 18.3. The molecule has 4 aromatic rings. The van der Waals surface area contributed by atoms with E-state index >= 15 is 0 Å². The molecule has 32 heavy (non-hydrogen) atoms. The van der Waals surface area contributed by atoms with E-state index in [1.165, 1.54) is 12.1 Å². The van der Waals surface area contributed by atoms with Gasteiger partial charge in [-0.1, -0.05) is 23.7 Å². The van der Waals surface area contributed by atoms with Crippen LogP contribution in [0, 0.1) is 6.92 Å². The highest BCUT2D eigenvalue weighted by atomic mass is 35.5. The molecule has 0 amide bonds. The summed E-state index contributed by atoms with van der Waals surface area (Å²) < 4.78 is 17.0. The number of carboxylic acid groups (broad SMARTS) is 1. The van der Waals surface area contributed by atoms with Crippen LogP contribution in [-0.4, -0.2) is 28.2 Å². The van der Waals surface area contributed by atoms with Crippen LogP contribution in [0.3, 0.4) is 0 Å². The van der Waals surface area contributed by atoms with Gasteiger partial charge in [0.25, 0.3) is 0 Å². The largest absolute Gasteiger partial charge is 0.497 e. The summed E-state index contributed by atoms with van der Waals surface area (Å²) in [6.07, 6.45) is 0. The van der Waals surface area contributed by atoms with E-state index in [-0.39, 0.29) is 18.8 Å². The lowest BCUT2D eigenvalue weighted by atomic mass is 10.1. The molecule has 0 fully saturated rings. The van der Waals surface area contributed by atoms with Gasteiger partial charge in [-0.15, -0.1) is 0 Å². The van der Waals surface area contributed by atoms with Gasteiger partial charge in [-0.25, -0.2) is 9.78 Å². The molecule has 0 aliphatic rings. The van der Waals surface area contributed by atoms with E-state index in [0.29, 0.717) is 22.3 Å². The summed E-state index contributed by atoms with van der Waals surface area (Å²) in [5.41, 5.74) is 3.55. The Morgan fingerprint density at radius 3 is 2.59 bits per heavy atom. The van der Waals surface area contributed by atoms with E-state index < -0.39 is 5.97 Å². The Labute approximate surface area is 189 Å². The topological polar surface area (TPSA) is 93.7 Å². The molecule has 8 heteroatoms. The minimum Gasteiger partial charge on any atom is -0.497 e. The lowest BCUT2D eigenvalue weighted by Crippen LogP contribution is -2.04. The Hall–Kier alpha value is -3.71. The lowest BCUT2D eigenvalue weighted by molar-refractivity contribution is 0.0696. The summed E-state index contributed by atoms with van der Waals surface area (Å²) in [5.74, 6) is 1.02. The fraction of sp³-hybridized carbons (Fsp3) is 0.167. The first-order valence-corrected chi connectivity index (χ1v) is 10.2. The summed E-state index contributed by atoms with van der Waals surface area (Å²) in [6.45, 7) is 2.28. The van der Waals surface area contributed by atoms with Crippen molar-refractivity contribution < 1.29 is 24.1 Å². The van der Waals surface area contributed by atoms with Gasteiger partial charge < -0.3 is 24.3 Å². The number of rotatable bonds is 8.